The van der Waals surface area contributed by atoms with Crippen LogP contribution in [0.1, 0.15) is 13.8 Å². The molecule has 2 heterocycles. The highest BCUT2D eigenvalue weighted by Gasteiger charge is 2.67. The van der Waals surface area contributed by atoms with Crippen molar-refractivity contribution in [3.05, 3.63) is 0 Å². The van der Waals surface area contributed by atoms with Gasteiger partial charge in [-0.3, -0.25) is 0 Å². The van der Waals surface area contributed by atoms with Crippen molar-refractivity contribution < 1.29 is 19.3 Å². The second kappa shape index (κ2) is 3.40. The molecule has 0 aliphatic carbocycles. The summed E-state index contributed by atoms with van der Waals surface area (Å²) >= 11 is 0. The molecule has 0 saturated carbocycles. The van der Waals surface area contributed by atoms with E-state index in [1.165, 1.54) is 0 Å². The lowest BCUT2D eigenvalue weighted by Gasteiger charge is -2.34. The molecule has 2 aliphatic rings. The zero-order chi connectivity index (χ0) is 11.3. The fourth-order valence-corrected chi connectivity index (χ4v) is 2.92. The Morgan fingerprint density at radius 2 is 2.20 bits per heavy atom. The van der Waals surface area contributed by atoms with E-state index >= 15 is 0 Å². The molecule has 15 heavy (non-hydrogen) atoms. The van der Waals surface area contributed by atoms with Crippen LogP contribution in [0.4, 0.5) is 0 Å². The van der Waals surface area contributed by atoms with Gasteiger partial charge in [-0.05, 0) is 13.8 Å². The molecule has 0 aromatic carbocycles. The van der Waals surface area contributed by atoms with E-state index in [-0.39, 0.29) is 18.1 Å². The van der Waals surface area contributed by atoms with Crippen LogP contribution in [0.2, 0.25) is 0 Å². The molecular formula is C10H19NO4. The predicted molar refractivity (Wildman–Crippen MR) is 53.2 cm³/mol. The largest absolute Gasteiger partial charge is 0.394 e. The Balaban J connectivity index is 2.39. The molecule has 2 rings (SSSR count). The number of hydrogen-bond donors (Lipinski definition) is 2. The van der Waals surface area contributed by atoms with Gasteiger partial charge in [0.1, 0.15) is 17.9 Å². The molecule has 3 N–H and O–H groups in total. The second-order valence-electron chi connectivity index (χ2n) is 4.76. The van der Waals surface area contributed by atoms with Gasteiger partial charge in [-0.25, -0.2) is 0 Å². The molecule has 0 spiro atoms. The lowest BCUT2D eigenvalue weighted by molar-refractivity contribution is -0.143. The summed E-state index contributed by atoms with van der Waals surface area (Å²) in [6, 6.07) is 0. The Kier molecular flexibility index (Phi) is 2.56. The van der Waals surface area contributed by atoms with E-state index in [9.17, 15) is 5.11 Å². The number of fused-ring (bicyclic) bond motifs is 1. The SMILES string of the molecule is CO[C@]12[C@H](CO[C@@H]1N)C(C)(C)O[C@@H]2CO. The zero-order valence-electron chi connectivity index (χ0n) is 9.40. The van der Waals surface area contributed by atoms with Gasteiger partial charge in [-0.2, -0.15) is 0 Å². The van der Waals surface area contributed by atoms with Crippen LogP contribution in [0.15, 0.2) is 0 Å². The molecule has 4 atom stereocenters. The minimum Gasteiger partial charge on any atom is -0.394 e. The van der Waals surface area contributed by atoms with Crippen molar-refractivity contribution in [3.63, 3.8) is 0 Å². The minimum atomic E-state index is -0.710. The third-order valence-corrected chi connectivity index (χ3v) is 3.74. The molecular weight excluding hydrogens is 198 g/mol. The first-order valence-corrected chi connectivity index (χ1v) is 5.20. The van der Waals surface area contributed by atoms with Gasteiger partial charge in [0.15, 0.2) is 0 Å². The predicted octanol–water partition coefficient (Wildman–Crippen LogP) is -0.527. The fraction of sp³-hybridized carbons (Fsp3) is 1.00. The van der Waals surface area contributed by atoms with Crippen LogP contribution < -0.4 is 5.73 Å². The Labute approximate surface area is 89.5 Å². The summed E-state index contributed by atoms with van der Waals surface area (Å²) in [7, 11) is 1.59. The van der Waals surface area contributed by atoms with Crippen molar-refractivity contribution in [3.8, 4) is 0 Å². The van der Waals surface area contributed by atoms with Crippen LogP contribution in [-0.2, 0) is 14.2 Å². The third kappa shape index (κ3) is 1.28. The summed E-state index contributed by atoms with van der Waals surface area (Å²) in [5.74, 6) is 0.0575. The Bertz CT molecular complexity index is 258. The Hall–Kier alpha value is -0.200. The van der Waals surface area contributed by atoms with E-state index in [2.05, 4.69) is 0 Å². The first kappa shape index (κ1) is 11.3. The third-order valence-electron chi connectivity index (χ3n) is 3.74. The molecule has 88 valence electrons. The van der Waals surface area contributed by atoms with Gasteiger partial charge in [0, 0.05) is 13.0 Å². The summed E-state index contributed by atoms with van der Waals surface area (Å²) in [5, 5.41) is 9.34. The van der Waals surface area contributed by atoms with Gasteiger partial charge in [-0.1, -0.05) is 0 Å². The van der Waals surface area contributed by atoms with Gasteiger partial charge in [-0.15, -0.1) is 0 Å². The molecule has 0 bridgehead atoms. The highest BCUT2D eigenvalue weighted by atomic mass is 16.6. The van der Waals surface area contributed by atoms with Crippen LogP contribution in [0.5, 0.6) is 0 Å². The number of nitrogens with two attached hydrogens (primary N) is 1. The van der Waals surface area contributed by atoms with Crippen molar-refractivity contribution in [2.45, 2.75) is 37.4 Å². The quantitative estimate of drug-likeness (QED) is 0.650. The van der Waals surface area contributed by atoms with Crippen molar-refractivity contribution >= 4 is 0 Å². The van der Waals surface area contributed by atoms with Gasteiger partial charge in [0.25, 0.3) is 0 Å². The minimum absolute atomic E-state index is 0.0575. The standard InChI is InChI=1S/C10H19NO4/c1-9(2)6-5-14-8(11)10(6,13-3)7(4-12)15-9/h6-8,12H,4-5,11H2,1-3H3/t6-,7-,8+,10+/m1/s1. The topological polar surface area (TPSA) is 73.9 Å². The van der Waals surface area contributed by atoms with E-state index in [0.29, 0.717) is 6.61 Å². The normalized spacial score (nSPS) is 48.2. The highest BCUT2D eigenvalue weighted by molar-refractivity contribution is 5.13. The van der Waals surface area contributed by atoms with Crippen LogP contribution in [0, 0.1) is 5.92 Å². The molecule has 0 radical (unpaired) electrons. The lowest BCUT2D eigenvalue weighted by atomic mass is 9.78. The fourth-order valence-electron chi connectivity index (χ4n) is 2.92. The van der Waals surface area contributed by atoms with E-state index < -0.39 is 17.9 Å². The monoisotopic (exact) mass is 217 g/mol. The van der Waals surface area contributed by atoms with E-state index in [4.69, 9.17) is 19.9 Å². The Morgan fingerprint density at radius 3 is 2.73 bits per heavy atom. The van der Waals surface area contributed by atoms with Crippen LogP contribution in [-0.4, -0.2) is 49.0 Å². The Morgan fingerprint density at radius 1 is 1.53 bits per heavy atom. The summed E-state index contributed by atoms with van der Waals surface area (Å²) in [6.45, 7) is 4.36. The molecule has 0 aromatic rings. The maximum absolute atomic E-state index is 9.34. The average Bonchev–Trinajstić information content (AvgIpc) is 2.63. The van der Waals surface area contributed by atoms with E-state index in [1.807, 2.05) is 13.8 Å². The molecule has 0 aromatic heterocycles. The van der Waals surface area contributed by atoms with Crippen molar-refractivity contribution in [1.29, 1.82) is 0 Å². The first-order valence-electron chi connectivity index (χ1n) is 5.20. The number of ether oxygens (including phenoxy) is 3. The van der Waals surface area contributed by atoms with Crippen molar-refractivity contribution in [1.82, 2.24) is 0 Å². The van der Waals surface area contributed by atoms with E-state index in [0.717, 1.165) is 0 Å². The molecule has 5 nitrogen and oxygen atoms in total. The zero-order valence-corrected chi connectivity index (χ0v) is 9.40. The summed E-state index contributed by atoms with van der Waals surface area (Å²) in [6.07, 6.45) is -0.952. The maximum atomic E-state index is 9.34. The molecule has 5 heteroatoms. The number of rotatable bonds is 2. The van der Waals surface area contributed by atoms with Crippen molar-refractivity contribution in [2.75, 3.05) is 20.3 Å². The van der Waals surface area contributed by atoms with Gasteiger partial charge in [0.2, 0.25) is 0 Å². The van der Waals surface area contributed by atoms with Crippen molar-refractivity contribution in [2.24, 2.45) is 11.7 Å². The average molecular weight is 217 g/mol. The summed E-state index contributed by atoms with van der Waals surface area (Å²) in [5.41, 5.74) is 4.83. The number of hydrogen-bond acceptors (Lipinski definition) is 5. The van der Waals surface area contributed by atoms with E-state index in [1.54, 1.807) is 7.11 Å². The van der Waals surface area contributed by atoms with Crippen LogP contribution >= 0.6 is 0 Å². The van der Waals surface area contributed by atoms with Crippen LogP contribution in [0.3, 0.4) is 0 Å². The summed E-state index contributed by atoms with van der Waals surface area (Å²) in [4.78, 5) is 0. The molecule has 2 fully saturated rings. The number of aliphatic hydroxyl groups excluding tert-OH is 1. The first-order chi connectivity index (χ1) is 6.99. The molecule has 0 amide bonds. The molecule has 2 saturated heterocycles. The van der Waals surface area contributed by atoms with Crippen LogP contribution in [0.25, 0.3) is 0 Å². The second-order valence-corrected chi connectivity index (χ2v) is 4.76. The lowest BCUT2D eigenvalue weighted by Crippen LogP contribution is -2.56. The summed E-state index contributed by atoms with van der Waals surface area (Å²) < 4.78 is 16.8. The number of methoxy groups -OCH3 is 1. The smallest absolute Gasteiger partial charge is 0.143 e. The van der Waals surface area contributed by atoms with Gasteiger partial charge < -0.3 is 25.1 Å². The number of aliphatic hydroxyl groups is 1. The molecule has 0 unspecified atom stereocenters. The van der Waals surface area contributed by atoms with Gasteiger partial charge in [0.05, 0.1) is 18.8 Å². The highest BCUT2D eigenvalue weighted by Crippen LogP contribution is 2.50. The van der Waals surface area contributed by atoms with Gasteiger partial charge >= 0.3 is 0 Å². The molecule has 2 aliphatic heterocycles. The maximum Gasteiger partial charge on any atom is 0.143 e.